The Hall–Kier alpha value is -2.38. The second-order valence-corrected chi connectivity index (χ2v) is 9.41. The van der Waals surface area contributed by atoms with Gasteiger partial charge in [-0.15, -0.1) is 10.2 Å². The molecule has 0 heterocycles. The summed E-state index contributed by atoms with van der Waals surface area (Å²) < 4.78 is 66.0. The van der Waals surface area contributed by atoms with Gasteiger partial charge in [0.05, 0.1) is 10.6 Å². The van der Waals surface area contributed by atoms with Gasteiger partial charge in [0, 0.05) is 10.8 Å². The third-order valence-electron chi connectivity index (χ3n) is 4.61. The number of hydrogen-bond acceptors (Lipinski definition) is 7. The second-order valence-electron chi connectivity index (χ2n) is 6.60. The zero-order valence-electron chi connectivity index (χ0n) is 16.5. The first-order valence-electron chi connectivity index (χ1n) is 8.70. The van der Waals surface area contributed by atoms with E-state index in [4.69, 9.17) is 0 Å². The molecule has 0 fully saturated rings. The predicted octanol–water partition coefficient (Wildman–Crippen LogP) is 1.61. The largest absolute Gasteiger partial charge is 1.00 e. The quantitative estimate of drug-likeness (QED) is 0.227. The molecule has 0 aromatic heterocycles. The summed E-state index contributed by atoms with van der Waals surface area (Å²) >= 11 is 0. The van der Waals surface area contributed by atoms with Gasteiger partial charge in [-0.05, 0) is 35.0 Å². The zero-order valence-corrected chi connectivity index (χ0v) is 20.2. The van der Waals surface area contributed by atoms with Gasteiger partial charge in [-0.1, -0.05) is 42.5 Å². The van der Waals surface area contributed by atoms with Gasteiger partial charge in [-0.3, -0.25) is 9.11 Å². The van der Waals surface area contributed by atoms with Crippen molar-refractivity contribution in [1.82, 2.24) is 0 Å². The van der Waals surface area contributed by atoms with Crippen LogP contribution < -0.4 is 29.6 Å². The summed E-state index contributed by atoms with van der Waals surface area (Å²) in [5, 5.41) is 19.8. The molecule has 0 aliphatic rings. The normalized spacial score (nSPS) is 12.3. The molecule has 4 aromatic carbocycles. The summed E-state index contributed by atoms with van der Waals surface area (Å²) in [6.07, 6.45) is 0. The van der Waals surface area contributed by atoms with E-state index < -0.39 is 35.8 Å². The topological polar surface area (TPSA) is 154 Å². The average Bonchev–Trinajstić information content (AvgIpc) is 2.71. The molecule has 0 radical (unpaired) electrons. The zero-order chi connectivity index (χ0) is 22.4. The van der Waals surface area contributed by atoms with Gasteiger partial charge < -0.3 is 5.11 Å². The van der Waals surface area contributed by atoms with E-state index in [1.54, 1.807) is 12.1 Å². The SMILES string of the molecule is O=S(=O)(O)c1cc(S(=O)(=O)O)c2c(N=Nc3cccc4ccccc34)c(O)ccc2c1.[Na+]. The van der Waals surface area contributed by atoms with Crippen LogP contribution in [0.2, 0.25) is 0 Å². The fraction of sp³-hybridized carbons (Fsp3) is 0. The van der Waals surface area contributed by atoms with Crippen molar-refractivity contribution in [2.75, 3.05) is 0 Å². The minimum absolute atomic E-state index is 0. The summed E-state index contributed by atoms with van der Waals surface area (Å²) in [6, 6.07) is 16.6. The Morgan fingerprint density at radius 3 is 2.09 bits per heavy atom. The van der Waals surface area contributed by atoms with Crippen molar-refractivity contribution in [2.45, 2.75) is 9.79 Å². The molecule has 9 nitrogen and oxygen atoms in total. The number of benzene rings is 4. The maximum absolute atomic E-state index is 12.0. The van der Waals surface area contributed by atoms with Gasteiger partial charge in [0.15, 0.2) is 0 Å². The Bertz CT molecular complexity index is 1600. The molecule has 32 heavy (non-hydrogen) atoms. The number of rotatable bonds is 4. The first-order valence-corrected chi connectivity index (χ1v) is 11.6. The van der Waals surface area contributed by atoms with Crippen molar-refractivity contribution >= 4 is 53.2 Å². The third kappa shape index (κ3) is 4.69. The van der Waals surface area contributed by atoms with Crippen LogP contribution in [-0.2, 0) is 20.2 Å². The molecule has 0 atom stereocenters. The minimum atomic E-state index is -4.96. The Morgan fingerprint density at radius 2 is 1.41 bits per heavy atom. The molecular formula is C20H14N2NaO7S2+. The Balaban J connectivity index is 0.00000289. The monoisotopic (exact) mass is 481 g/mol. The standard InChI is InChI=1S/C20H14N2O7S2.Na/c23-17-9-8-13-10-14(30(24,25)26)11-18(31(27,28)29)19(13)20(17)22-21-16-7-3-5-12-4-1-2-6-15(12)16;/h1-11,23H,(H,24,25,26)(H,27,28,29);/q;+1. The van der Waals surface area contributed by atoms with E-state index in [1.807, 2.05) is 30.3 Å². The van der Waals surface area contributed by atoms with Crippen LogP contribution >= 0.6 is 0 Å². The molecule has 3 N–H and O–H groups in total. The molecule has 158 valence electrons. The molecule has 0 saturated heterocycles. The van der Waals surface area contributed by atoms with Gasteiger partial charge >= 0.3 is 29.6 Å². The number of aromatic hydroxyl groups is 1. The number of phenolic OH excluding ortho intramolecular Hbond substituents is 1. The van der Waals surface area contributed by atoms with E-state index in [0.717, 1.165) is 16.8 Å². The van der Waals surface area contributed by atoms with Crippen molar-refractivity contribution in [1.29, 1.82) is 0 Å². The van der Waals surface area contributed by atoms with Crippen LogP contribution in [-0.4, -0.2) is 31.0 Å². The van der Waals surface area contributed by atoms with E-state index in [1.165, 1.54) is 12.1 Å². The van der Waals surface area contributed by atoms with Gasteiger partial charge in [0.2, 0.25) is 0 Å². The van der Waals surface area contributed by atoms with E-state index in [0.29, 0.717) is 11.8 Å². The molecule has 0 unspecified atom stereocenters. The molecule has 4 rings (SSSR count). The molecule has 0 saturated carbocycles. The molecule has 0 aliphatic carbocycles. The van der Waals surface area contributed by atoms with Crippen LogP contribution in [0, 0.1) is 0 Å². The molecule has 0 amide bonds. The molecule has 12 heteroatoms. The molecule has 0 spiro atoms. The Kier molecular flexibility index (Phi) is 6.72. The van der Waals surface area contributed by atoms with E-state index in [9.17, 15) is 31.0 Å². The third-order valence-corrected chi connectivity index (χ3v) is 6.32. The van der Waals surface area contributed by atoms with Crippen molar-refractivity contribution in [3.05, 3.63) is 66.7 Å². The van der Waals surface area contributed by atoms with Gasteiger partial charge in [0.1, 0.15) is 16.3 Å². The maximum Gasteiger partial charge on any atom is 1.00 e. The first-order chi connectivity index (χ1) is 14.6. The summed E-state index contributed by atoms with van der Waals surface area (Å²) in [5.74, 6) is -0.444. The van der Waals surface area contributed by atoms with Gasteiger partial charge in [0.25, 0.3) is 20.2 Å². The van der Waals surface area contributed by atoms with Gasteiger partial charge in [-0.2, -0.15) is 16.8 Å². The van der Waals surface area contributed by atoms with Crippen molar-refractivity contribution in [3.8, 4) is 5.75 Å². The van der Waals surface area contributed by atoms with Crippen LogP contribution in [0.25, 0.3) is 21.5 Å². The summed E-state index contributed by atoms with van der Waals surface area (Å²) in [5.41, 5.74) is 0.150. The fourth-order valence-electron chi connectivity index (χ4n) is 3.22. The Labute approximate surface area is 205 Å². The van der Waals surface area contributed by atoms with Crippen LogP contribution in [0.15, 0.2) is 86.7 Å². The number of azo groups is 1. The molecule has 0 aliphatic heterocycles. The number of fused-ring (bicyclic) bond motifs is 2. The van der Waals surface area contributed by atoms with Crippen LogP contribution in [0.1, 0.15) is 0 Å². The van der Waals surface area contributed by atoms with Crippen molar-refractivity contribution in [2.24, 2.45) is 10.2 Å². The number of hydrogen-bond donors (Lipinski definition) is 3. The number of phenols is 1. The van der Waals surface area contributed by atoms with Crippen molar-refractivity contribution in [3.63, 3.8) is 0 Å². The second kappa shape index (κ2) is 8.87. The first kappa shape index (κ1) is 24.3. The number of nitrogens with zero attached hydrogens (tertiary/aromatic N) is 2. The van der Waals surface area contributed by atoms with E-state index >= 15 is 0 Å². The molecule has 0 bridgehead atoms. The Morgan fingerprint density at radius 1 is 0.719 bits per heavy atom. The van der Waals surface area contributed by atoms with Crippen molar-refractivity contribution < 1.29 is 60.6 Å². The van der Waals surface area contributed by atoms with Gasteiger partial charge in [-0.25, -0.2) is 0 Å². The minimum Gasteiger partial charge on any atom is -0.506 e. The van der Waals surface area contributed by atoms with E-state index in [-0.39, 0.29) is 46.0 Å². The smallest absolute Gasteiger partial charge is 0.506 e. The summed E-state index contributed by atoms with van der Waals surface area (Å²) in [6.45, 7) is 0. The van der Waals surface area contributed by atoms with E-state index in [2.05, 4.69) is 10.2 Å². The fourth-order valence-corrected chi connectivity index (χ4v) is 4.59. The molecule has 4 aromatic rings. The van der Waals surface area contributed by atoms with Crippen LogP contribution in [0.4, 0.5) is 11.4 Å². The maximum atomic E-state index is 12.0. The molecular weight excluding hydrogens is 467 g/mol. The van der Waals surface area contributed by atoms with Crippen LogP contribution in [0.5, 0.6) is 5.75 Å². The predicted molar refractivity (Wildman–Crippen MR) is 113 cm³/mol. The average molecular weight is 481 g/mol. The summed E-state index contributed by atoms with van der Waals surface area (Å²) in [7, 11) is -9.73. The summed E-state index contributed by atoms with van der Waals surface area (Å²) in [4.78, 5) is -1.59. The van der Waals surface area contributed by atoms with Crippen LogP contribution in [0.3, 0.4) is 0 Å².